The number of methoxy groups -OCH3 is 2. The van der Waals surface area contributed by atoms with Crippen LogP contribution in [0.1, 0.15) is 18.5 Å². The van der Waals surface area contributed by atoms with Gasteiger partial charge in [-0.05, 0) is 18.9 Å². The molecule has 2 aliphatic rings. The molecular formula is C15H18N2O3. The van der Waals surface area contributed by atoms with Gasteiger partial charge in [0.15, 0.2) is 22.9 Å². The van der Waals surface area contributed by atoms with Crippen molar-refractivity contribution in [3.05, 3.63) is 41.0 Å². The Kier molecular flexibility index (Phi) is 3.04. The van der Waals surface area contributed by atoms with Gasteiger partial charge in [-0.25, -0.2) is 0 Å². The molecule has 0 amide bonds. The van der Waals surface area contributed by atoms with E-state index in [4.69, 9.17) is 9.47 Å². The lowest BCUT2D eigenvalue weighted by atomic mass is 9.89. The van der Waals surface area contributed by atoms with Gasteiger partial charge in [-0.3, -0.25) is 0 Å². The van der Waals surface area contributed by atoms with Crippen molar-refractivity contribution in [1.29, 1.82) is 0 Å². The van der Waals surface area contributed by atoms with Gasteiger partial charge in [0.2, 0.25) is 6.21 Å². The summed E-state index contributed by atoms with van der Waals surface area (Å²) in [5, 5.41) is 12.3. The van der Waals surface area contributed by atoms with Crippen LogP contribution in [0.3, 0.4) is 0 Å². The highest BCUT2D eigenvalue weighted by Crippen LogP contribution is 2.37. The van der Waals surface area contributed by atoms with Crippen LogP contribution in [0, 0.1) is 11.1 Å². The molecule has 3 rings (SSSR count). The lowest BCUT2D eigenvalue weighted by molar-refractivity contribution is -0.405. The molecule has 0 saturated heterocycles. The van der Waals surface area contributed by atoms with Crippen LogP contribution in [-0.4, -0.2) is 29.7 Å². The zero-order chi connectivity index (χ0) is 14.3. The quantitative estimate of drug-likeness (QED) is 0.472. The van der Waals surface area contributed by atoms with Crippen molar-refractivity contribution in [2.24, 2.45) is 5.92 Å². The minimum atomic E-state index is 0.160. The first-order valence-electron chi connectivity index (χ1n) is 6.63. The Morgan fingerprint density at radius 3 is 2.90 bits per heavy atom. The summed E-state index contributed by atoms with van der Waals surface area (Å²) in [4.78, 5) is 0. The molecular weight excluding hydrogens is 256 g/mol. The number of aromatic nitrogens is 1. The van der Waals surface area contributed by atoms with Crippen LogP contribution in [0.25, 0.3) is 0 Å². The van der Waals surface area contributed by atoms with Gasteiger partial charge in [-0.2, -0.15) is 4.74 Å². The molecule has 5 heteroatoms. The van der Waals surface area contributed by atoms with Crippen molar-refractivity contribution in [1.82, 2.24) is 4.57 Å². The standard InChI is InChI=1S/C15H18N2O3/c1-10-4-5-12-11(6-10)7-16-9-14(19-2)15(20-3)13(16)8-17(12)18/h5,8-9,11H,1,4,6-7H2,2-3H3/t11-/m0/s1. The van der Waals surface area contributed by atoms with Gasteiger partial charge in [0.25, 0.3) is 0 Å². The molecule has 1 aliphatic heterocycles. The Labute approximate surface area is 118 Å². The van der Waals surface area contributed by atoms with Crippen LogP contribution >= 0.6 is 0 Å². The Morgan fingerprint density at radius 1 is 1.40 bits per heavy atom. The summed E-state index contributed by atoms with van der Waals surface area (Å²) in [7, 11) is 3.18. The number of ether oxygens (including phenoxy) is 2. The van der Waals surface area contributed by atoms with E-state index in [9.17, 15) is 5.21 Å². The lowest BCUT2D eigenvalue weighted by Gasteiger charge is -2.21. The van der Waals surface area contributed by atoms with Gasteiger partial charge < -0.3 is 19.2 Å². The highest BCUT2D eigenvalue weighted by atomic mass is 16.5. The normalized spacial score (nSPS) is 21.3. The fraction of sp³-hybridized carbons (Fsp3) is 0.400. The summed E-state index contributed by atoms with van der Waals surface area (Å²) in [6.07, 6.45) is 7.07. The Morgan fingerprint density at radius 2 is 2.20 bits per heavy atom. The summed E-state index contributed by atoms with van der Waals surface area (Å²) in [6, 6.07) is 0. The van der Waals surface area contributed by atoms with Crippen molar-refractivity contribution in [2.45, 2.75) is 19.4 Å². The zero-order valence-corrected chi connectivity index (χ0v) is 11.8. The lowest BCUT2D eigenvalue weighted by Crippen LogP contribution is -2.19. The molecule has 1 aromatic rings. The number of hydrogen-bond acceptors (Lipinski definition) is 3. The molecule has 1 aliphatic carbocycles. The van der Waals surface area contributed by atoms with Crippen LogP contribution in [0.5, 0.6) is 11.5 Å². The highest BCUT2D eigenvalue weighted by molar-refractivity contribution is 5.81. The van der Waals surface area contributed by atoms with Gasteiger partial charge >= 0.3 is 0 Å². The first kappa shape index (κ1) is 12.8. The minimum absolute atomic E-state index is 0.160. The van der Waals surface area contributed by atoms with E-state index in [-0.39, 0.29) is 5.92 Å². The molecule has 1 atom stereocenters. The first-order valence-corrected chi connectivity index (χ1v) is 6.63. The second-order valence-corrected chi connectivity index (χ2v) is 5.21. The van der Waals surface area contributed by atoms with E-state index in [0.29, 0.717) is 11.5 Å². The second-order valence-electron chi connectivity index (χ2n) is 5.21. The van der Waals surface area contributed by atoms with Gasteiger partial charge in [-0.15, -0.1) is 0 Å². The fourth-order valence-electron chi connectivity index (χ4n) is 2.96. The van der Waals surface area contributed by atoms with Crippen molar-refractivity contribution < 1.29 is 14.2 Å². The number of hydroxylamine groups is 1. The average molecular weight is 274 g/mol. The van der Waals surface area contributed by atoms with E-state index in [1.54, 1.807) is 20.4 Å². The number of allylic oxidation sites excluding steroid dienone is 3. The molecule has 0 aromatic carbocycles. The molecule has 0 saturated carbocycles. The maximum absolute atomic E-state index is 12.3. The summed E-state index contributed by atoms with van der Waals surface area (Å²) in [6.45, 7) is 4.77. The zero-order valence-electron chi connectivity index (χ0n) is 11.8. The summed E-state index contributed by atoms with van der Waals surface area (Å²) in [5.41, 5.74) is 2.74. The van der Waals surface area contributed by atoms with Crippen molar-refractivity contribution in [3.63, 3.8) is 0 Å². The van der Waals surface area contributed by atoms with E-state index >= 15 is 0 Å². The van der Waals surface area contributed by atoms with E-state index in [0.717, 1.165) is 35.5 Å². The molecule has 0 N–H and O–H groups in total. The number of nitrogens with zero attached hydrogens (tertiary/aromatic N) is 2. The van der Waals surface area contributed by atoms with Crippen LogP contribution < -0.4 is 9.47 Å². The largest absolute Gasteiger partial charge is 0.618 e. The van der Waals surface area contributed by atoms with Crippen LogP contribution in [0.4, 0.5) is 0 Å². The molecule has 5 nitrogen and oxygen atoms in total. The van der Waals surface area contributed by atoms with Crippen LogP contribution in [0.2, 0.25) is 0 Å². The smallest absolute Gasteiger partial charge is 0.208 e. The number of hydrogen-bond donors (Lipinski definition) is 0. The monoisotopic (exact) mass is 274 g/mol. The van der Waals surface area contributed by atoms with E-state index in [1.807, 2.05) is 16.8 Å². The summed E-state index contributed by atoms with van der Waals surface area (Å²) < 4.78 is 13.7. The maximum Gasteiger partial charge on any atom is 0.208 e. The topological polar surface area (TPSA) is 49.5 Å². The molecule has 2 heterocycles. The minimum Gasteiger partial charge on any atom is -0.618 e. The first-order chi connectivity index (χ1) is 9.63. The third kappa shape index (κ3) is 1.90. The third-order valence-electron chi connectivity index (χ3n) is 3.93. The van der Waals surface area contributed by atoms with Crippen LogP contribution in [-0.2, 0) is 6.54 Å². The number of rotatable bonds is 2. The predicted molar refractivity (Wildman–Crippen MR) is 76.3 cm³/mol. The van der Waals surface area contributed by atoms with Crippen molar-refractivity contribution in [3.8, 4) is 11.5 Å². The molecule has 106 valence electrons. The maximum atomic E-state index is 12.3. The molecule has 0 unspecified atom stereocenters. The second kappa shape index (κ2) is 4.74. The van der Waals surface area contributed by atoms with Gasteiger partial charge in [0.1, 0.15) is 0 Å². The molecule has 0 bridgehead atoms. The Hall–Kier alpha value is -2.17. The van der Waals surface area contributed by atoms with Gasteiger partial charge in [0, 0.05) is 6.54 Å². The molecule has 1 aromatic heterocycles. The predicted octanol–water partition coefficient (Wildman–Crippen LogP) is 2.30. The van der Waals surface area contributed by atoms with Crippen molar-refractivity contribution in [2.75, 3.05) is 14.2 Å². The SMILES string of the molecule is C=C1CC=C2[C@@H](C1)Cn1cc(OC)c(OC)c1C=[N+]2[O-]. The van der Waals surface area contributed by atoms with Gasteiger partial charge in [0.05, 0.1) is 26.3 Å². The third-order valence-corrected chi connectivity index (χ3v) is 3.93. The molecule has 0 radical (unpaired) electrons. The molecule has 0 fully saturated rings. The van der Waals surface area contributed by atoms with E-state index in [2.05, 4.69) is 6.58 Å². The summed E-state index contributed by atoms with van der Waals surface area (Å²) >= 11 is 0. The molecule has 20 heavy (non-hydrogen) atoms. The van der Waals surface area contributed by atoms with Crippen molar-refractivity contribution >= 4 is 6.21 Å². The van der Waals surface area contributed by atoms with Crippen LogP contribution in [0.15, 0.2) is 30.1 Å². The fourth-order valence-corrected chi connectivity index (χ4v) is 2.96. The van der Waals surface area contributed by atoms with E-state index in [1.165, 1.54) is 5.57 Å². The van der Waals surface area contributed by atoms with E-state index < -0.39 is 0 Å². The molecule has 0 spiro atoms. The summed E-state index contributed by atoms with van der Waals surface area (Å²) in [5.74, 6) is 1.41. The Balaban J connectivity index is 2.12. The highest BCUT2D eigenvalue weighted by Gasteiger charge is 2.32. The average Bonchev–Trinajstić information content (AvgIpc) is 2.69. The van der Waals surface area contributed by atoms with Gasteiger partial charge in [-0.1, -0.05) is 12.2 Å². The number of fused-ring (bicyclic) bond motifs is 2. The Bertz CT molecular complexity index is 625.